The molecule has 4 nitrogen and oxygen atoms in total. The number of carbonyl (C=O) groups excluding carboxylic acids is 1. The van der Waals surface area contributed by atoms with E-state index in [1.165, 1.54) is 55.5 Å². The zero-order chi connectivity index (χ0) is 19.6. The van der Waals surface area contributed by atoms with Gasteiger partial charge in [-0.25, -0.2) is 0 Å². The van der Waals surface area contributed by atoms with Crippen LogP contribution in [0.3, 0.4) is 0 Å². The van der Waals surface area contributed by atoms with Crippen LogP contribution >= 0.6 is 0 Å². The van der Waals surface area contributed by atoms with Crippen LogP contribution in [0.4, 0.5) is 4.79 Å². The second-order valence-corrected chi connectivity index (χ2v) is 21.4. The van der Waals surface area contributed by atoms with Crippen molar-refractivity contribution in [2.24, 2.45) is 0 Å². The molecule has 0 aromatic rings. The fraction of sp³-hybridized carbons (Fsp3) is 0.762. The third-order valence-electron chi connectivity index (χ3n) is 4.89. The van der Waals surface area contributed by atoms with Crippen molar-refractivity contribution in [3.8, 4) is 0 Å². The van der Waals surface area contributed by atoms with E-state index in [0.29, 0.717) is 0 Å². The fourth-order valence-corrected chi connectivity index (χ4v) is 19.5. The molecule has 1 heterocycles. The molecule has 1 amide bonds. The van der Waals surface area contributed by atoms with Crippen LogP contribution in [-0.4, -0.2) is 35.0 Å². The first-order chi connectivity index (χ1) is 12.3. The van der Waals surface area contributed by atoms with Crippen molar-refractivity contribution in [1.82, 2.24) is 4.90 Å². The van der Waals surface area contributed by atoms with Gasteiger partial charge in [0.05, 0.1) is 0 Å². The summed E-state index contributed by atoms with van der Waals surface area (Å²) in [5, 5.41) is 0. The van der Waals surface area contributed by atoms with E-state index in [1.54, 1.807) is 17.4 Å². The molecular formula is C21H39NO3Sn. The summed E-state index contributed by atoms with van der Waals surface area (Å²) in [4.78, 5) is 14.7. The number of ether oxygens (including phenoxy) is 2. The summed E-state index contributed by atoms with van der Waals surface area (Å²) in [6.45, 7) is 12.5. The molecule has 0 fully saturated rings. The molecule has 0 bridgehead atoms. The topological polar surface area (TPSA) is 38.8 Å². The first-order valence-electron chi connectivity index (χ1n) is 10.3. The number of carbonyl (C=O) groups is 1. The van der Waals surface area contributed by atoms with Gasteiger partial charge in [0.1, 0.15) is 0 Å². The summed E-state index contributed by atoms with van der Waals surface area (Å²) in [7, 11) is 0. The number of hydrogen-bond acceptors (Lipinski definition) is 3. The zero-order valence-electron chi connectivity index (χ0n) is 17.8. The van der Waals surface area contributed by atoms with Gasteiger partial charge in [0.2, 0.25) is 0 Å². The maximum atomic E-state index is 12.9. The Labute approximate surface area is 164 Å². The molecule has 26 heavy (non-hydrogen) atoms. The minimum atomic E-state index is -2.78. The molecule has 0 saturated heterocycles. The average Bonchev–Trinajstić information content (AvgIpc) is 2.60. The molecular weight excluding hydrogens is 433 g/mol. The maximum absolute atomic E-state index is 12.9. The molecule has 0 aromatic heterocycles. The summed E-state index contributed by atoms with van der Waals surface area (Å²) in [5.74, 6) is 0. The molecule has 1 rings (SSSR count). The van der Waals surface area contributed by atoms with Crippen LogP contribution < -0.4 is 0 Å². The Bertz CT molecular complexity index is 472. The third kappa shape index (κ3) is 7.16. The van der Waals surface area contributed by atoms with Crippen LogP contribution in [0.25, 0.3) is 0 Å². The van der Waals surface area contributed by atoms with Crippen molar-refractivity contribution < 1.29 is 14.3 Å². The predicted molar refractivity (Wildman–Crippen MR) is 111 cm³/mol. The summed E-state index contributed by atoms with van der Waals surface area (Å²) >= 11 is -2.78. The summed E-state index contributed by atoms with van der Waals surface area (Å²) in [5.41, 5.74) is -0.497. The Hall–Kier alpha value is -0.651. The van der Waals surface area contributed by atoms with Crippen molar-refractivity contribution in [2.75, 3.05) is 0 Å². The molecule has 0 atom stereocenters. The van der Waals surface area contributed by atoms with Gasteiger partial charge < -0.3 is 0 Å². The van der Waals surface area contributed by atoms with Gasteiger partial charge in [-0.3, -0.25) is 0 Å². The predicted octanol–water partition coefficient (Wildman–Crippen LogP) is 6.95. The van der Waals surface area contributed by atoms with Gasteiger partial charge >= 0.3 is 165 Å². The van der Waals surface area contributed by atoms with Gasteiger partial charge in [-0.1, -0.05) is 0 Å². The van der Waals surface area contributed by atoms with E-state index in [1.807, 2.05) is 27.0 Å². The van der Waals surface area contributed by atoms with Gasteiger partial charge in [0.25, 0.3) is 0 Å². The Morgan fingerprint density at radius 3 is 1.96 bits per heavy atom. The second-order valence-electron chi connectivity index (χ2n) is 8.37. The van der Waals surface area contributed by atoms with Crippen LogP contribution in [0.5, 0.6) is 0 Å². The monoisotopic (exact) mass is 473 g/mol. The Morgan fingerprint density at radius 1 is 1.04 bits per heavy atom. The minimum absolute atomic E-state index is 0.270. The average molecular weight is 472 g/mol. The van der Waals surface area contributed by atoms with Gasteiger partial charge in [-0.15, -0.1) is 0 Å². The standard InChI is InChI=1S/C9H12NO3.3C4H9.Sn/c1-9(2,3)13-8(11)10-4-6-12-7-5-10;3*1-3-4-2;/h4,6-7H,1-3H3;3*1,3-4H2,2H3;. The Kier molecular flexibility index (Phi) is 10.1. The fourth-order valence-electron chi connectivity index (χ4n) is 3.49. The first kappa shape index (κ1) is 23.4. The van der Waals surface area contributed by atoms with Crippen LogP contribution in [0.1, 0.15) is 80.1 Å². The summed E-state index contributed by atoms with van der Waals surface area (Å²) < 4.78 is 16.3. The molecule has 0 aliphatic carbocycles. The Balaban J connectivity index is 3.19. The van der Waals surface area contributed by atoms with Crippen LogP contribution in [0, 0.1) is 0 Å². The second kappa shape index (κ2) is 11.3. The normalized spacial score (nSPS) is 14.8. The van der Waals surface area contributed by atoms with E-state index >= 15 is 0 Å². The van der Waals surface area contributed by atoms with Crippen molar-refractivity contribution in [3.05, 3.63) is 22.4 Å². The van der Waals surface area contributed by atoms with E-state index in [2.05, 4.69) is 20.8 Å². The van der Waals surface area contributed by atoms with E-state index in [0.717, 1.165) is 0 Å². The van der Waals surface area contributed by atoms with E-state index < -0.39 is 24.0 Å². The third-order valence-corrected chi connectivity index (χ3v) is 20.2. The summed E-state index contributed by atoms with van der Waals surface area (Å²) in [6, 6.07) is 0. The molecule has 0 aromatic carbocycles. The summed E-state index contributed by atoms with van der Waals surface area (Å²) in [6.07, 6.45) is 12.3. The van der Waals surface area contributed by atoms with Gasteiger partial charge in [0.15, 0.2) is 0 Å². The first-order valence-corrected chi connectivity index (χ1v) is 17.8. The van der Waals surface area contributed by atoms with Gasteiger partial charge in [-0.05, 0) is 0 Å². The van der Waals surface area contributed by atoms with Crippen LogP contribution in [0.15, 0.2) is 22.4 Å². The van der Waals surface area contributed by atoms with Crippen molar-refractivity contribution >= 4 is 24.5 Å². The number of unbranched alkanes of at least 4 members (excludes halogenated alkanes) is 3. The molecule has 1 aliphatic heterocycles. The molecule has 1 aliphatic rings. The van der Waals surface area contributed by atoms with Crippen molar-refractivity contribution in [3.63, 3.8) is 0 Å². The van der Waals surface area contributed by atoms with Gasteiger partial charge in [0, 0.05) is 0 Å². The van der Waals surface area contributed by atoms with E-state index in [4.69, 9.17) is 9.47 Å². The van der Waals surface area contributed by atoms with Gasteiger partial charge in [-0.2, -0.15) is 0 Å². The number of rotatable bonds is 10. The molecule has 0 saturated carbocycles. The SMILES string of the molecule is CCC[CH2][Sn]([CH2]CCC)([CH2]CCC)[C]1=COC=CN1C(=O)OC(C)(C)C. The number of nitrogens with zero attached hydrogens (tertiary/aromatic N) is 1. The van der Waals surface area contributed by atoms with E-state index in [-0.39, 0.29) is 6.09 Å². The molecule has 0 spiro atoms. The molecule has 0 unspecified atom stereocenters. The van der Waals surface area contributed by atoms with Crippen molar-refractivity contribution in [1.29, 1.82) is 0 Å². The number of hydrogen-bond donors (Lipinski definition) is 0. The molecule has 0 radical (unpaired) electrons. The van der Waals surface area contributed by atoms with E-state index in [9.17, 15) is 4.79 Å². The zero-order valence-corrected chi connectivity index (χ0v) is 20.6. The molecule has 5 heteroatoms. The van der Waals surface area contributed by atoms with Crippen LogP contribution in [-0.2, 0) is 9.47 Å². The Morgan fingerprint density at radius 2 is 1.54 bits per heavy atom. The number of amides is 1. The quantitative estimate of drug-likeness (QED) is 0.323. The molecule has 150 valence electrons. The molecule has 0 N–H and O–H groups in total. The van der Waals surface area contributed by atoms with Crippen LogP contribution in [0.2, 0.25) is 13.3 Å². The van der Waals surface area contributed by atoms with Crippen molar-refractivity contribution in [2.45, 2.75) is 99.0 Å².